The lowest BCUT2D eigenvalue weighted by atomic mass is 10.2. The van der Waals surface area contributed by atoms with Crippen LogP contribution in [-0.4, -0.2) is 22.7 Å². The van der Waals surface area contributed by atoms with Gasteiger partial charge in [-0.3, -0.25) is 9.48 Å². The van der Waals surface area contributed by atoms with Gasteiger partial charge in [0.15, 0.2) is 6.29 Å². The minimum Gasteiger partial charge on any atom is -0.375 e. The fourth-order valence-corrected chi connectivity index (χ4v) is 1.49. The number of nitrogens with zero attached hydrogens (tertiary/aromatic N) is 2. The quantitative estimate of drug-likeness (QED) is 0.562. The number of carbonyl (C=O) groups excluding carboxylic acids is 1. The zero-order valence-electron chi connectivity index (χ0n) is 9.45. The number of hydrogen-bond donors (Lipinski definition) is 0. The van der Waals surface area contributed by atoms with Gasteiger partial charge >= 0.3 is 0 Å². The summed E-state index contributed by atoms with van der Waals surface area (Å²) in [5.74, 6) is 0. The molecule has 0 radical (unpaired) electrons. The molecule has 2 aromatic rings. The highest BCUT2D eigenvalue weighted by atomic mass is 16.5. The first-order valence-electron chi connectivity index (χ1n) is 5.48. The number of aromatic nitrogens is 2. The Morgan fingerprint density at radius 2 is 2.12 bits per heavy atom. The van der Waals surface area contributed by atoms with Gasteiger partial charge in [0.25, 0.3) is 0 Å². The van der Waals surface area contributed by atoms with E-state index in [4.69, 9.17) is 4.74 Å². The van der Waals surface area contributed by atoms with E-state index in [1.54, 1.807) is 17.1 Å². The SMILES string of the molecule is O=Cc1cnn(CCOCc2ccccc2)c1. The molecule has 0 unspecified atom stereocenters. The number of ether oxygens (including phenoxy) is 1. The molecular formula is C13H14N2O2. The van der Waals surface area contributed by atoms with E-state index in [0.29, 0.717) is 25.3 Å². The number of benzene rings is 1. The van der Waals surface area contributed by atoms with Crippen molar-refractivity contribution in [3.8, 4) is 0 Å². The Kier molecular flexibility index (Phi) is 4.05. The average molecular weight is 230 g/mol. The maximum Gasteiger partial charge on any atom is 0.153 e. The third-order valence-electron chi connectivity index (χ3n) is 2.37. The molecule has 88 valence electrons. The number of hydrogen-bond acceptors (Lipinski definition) is 3. The molecule has 0 fully saturated rings. The highest BCUT2D eigenvalue weighted by Crippen LogP contribution is 2.00. The van der Waals surface area contributed by atoms with Crippen LogP contribution >= 0.6 is 0 Å². The second-order valence-corrected chi connectivity index (χ2v) is 3.69. The fourth-order valence-electron chi connectivity index (χ4n) is 1.49. The van der Waals surface area contributed by atoms with Gasteiger partial charge in [-0.1, -0.05) is 30.3 Å². The van der Waals surface area contributed by atoms with Gasteiger partial charge in [-0.25, -0.2) is 0 Å². The lowest BCUT2D eigenvalue weighted by Gasteiger charge is -2.04. The summed E-state index contributed by atoms with van der Waals surface area (Å²) in [4.78, 5) is 10.5. The minimum absolute atomic E-state index is 0.578. The molecule has 0 aliphatic heterocycles. The number of rotatable bonds is 6. The summed E-state index contributed by atoms with van der Waals surface area (Å²) in [6, 6.07) is 10.0. The molecule has 17 heavy (non-hydrogen) atoms. The largest absolute Gasteiger partial charge is 0.375 e. The molecule has 0 saturated carbocycles. The van der Waals surface area contributed by atoms with E-state index in [2.05, 4.69) is 5.10 Å². The molecule has 0 aliphatic carbocycles. The van der Waals surface area contributed by atoms with Crippen LogP contribution in [0.3, 0.4) is 0 Å². The van der Waals surface area contributed by atoms with Crippen molar-refractivity contribution in [2.24, 2.45) is 0 Å². The molecular weight excluding hydrogens is 216 g/mol. The van der Waals surface area contributed by atoms with Crippen LogP contribution in [0.2, 0.25) is 0 Å². The third kappa shape index (κ3) is 3.53. The summed E-state index contributed by atoms with van der Waals surface area (Å²) < 4.78 is 7.22. The molecule has 0 spiro atoms. The van der Waals surface area contributed by atoms with Crippen LogP contribution in [0.25, 0.3) is 0 Å². The van der Waals surface area contributed by atoms with E-state index >= 15 is 0 Å². The van der Waals surface area contributed by atoms with Crippen molar-refractivity contribution in [1.82, 2.24) is 9.78 Å². The van der Waals surface area contributed by atoms with Gasteiger partial charge in [0.05, 0.1) is 31.5 Å². The van der Waals surface area contributed by atoms with Crippen LogP contribution < -0.4 is 0 Å². The van der Waals surface area contributed by atoms with Gasteiger partial charge in [0.1, 0.15) is 0 Å². The molecule has 0 amide bonds. The van der Waals surface area contributed by atoms with Crippen molar-refractivity contribution in [2.45, 2.75) is 13.2 Å². The van der Waals surface area contributed by atoms with Crippen LogP contribution in [0.15, 0.2) is 42.7 Å². The summed E-state index contributed by atoms with van der Waals surface area (Å²) in [5, 5.41) is 4.04. The Hall–Kier alpha value is -1.94. The van der Waals surface area contributed by atoms with E-state index in [1.165, 1.54) is 0 Å². The van der Waals surface area contributed by atoms with Crippen LogP contribution in [0.5, 0.6) is 0 Å². The molecule has 1 aromatic carbocycles. The van der Waals surface area contributed by atoms with Crippen LogP contribution in [0.4, 0.5) is 0 Å². The zero-order valence-corrected chi connectivity index (χ0v) is 9.45. The number of carbonyl (C=O) groups is 1. The van der Waals surface area contributed by atoms with Gasteiger partial charge in [0.2, 0.25) is 0 Å². The van der Waals surface area contributed by atoms with Crippen molar-refractivity contribution >= 4 is 6.29 Å². The smallest absolute Gasteiger partial charge is 0.153 e. The predicted molar refractivity (Wildman–Crippen MR) is 63.7 cm³/mol. The minimum atomic E-state index is 0.578. The van der Waals surface area contributed by atoms with Crippen molar-refractivity contribution in [3.63, 3.8) is 0 Å². The standard InChI is InChI=1S/C13H14N2O2/c16-10-13-8-14-15(9-13)6-7-17-11-12-4-2-1-3-5-12/h1-5,8-10H,6-7,11H2. The van der Waals surface area contributed by atoms with Crippen LogP contribution in [0, 0.1) is 0 Å². The Labute approximate surface area is 99.8 Å². The number of aldehydes is 1. The lowest BCUT2D eigenvalue weighted by Crippen LogP contribution is -2.06. The summed E-state index contributed by atoms with van der Waals surface area (Å²) in [7, 11) is 0. The predicted octanol–water partition coefficient (Wildman–Crippen LogP) is 1.91. The maximum atomic E-state index is 10.5. The van der Waals surface area contributed by atoms with Crippen molar-refractivity contribution in [2.75, 3.05) is 6.61 Å². The Morgan fingerprint density at radius 3 is 2.82 bits per heavy atom. The lowest BCUT2D eigenvalue weighted by molar-refractivity contribution is 0.110. The van der Waals surface area contributed by atoms with Crippen molar-refractivity contribution < 1.29 is 9.53 Å². The Morgan fingerprint density at radius 1 is 1.29 bits per heavy atom. The molecule has 0 bridgehead atoms. The normalized spacial score (nSPS) is 10.4. The first-order chi connectivity index (χ1) is 8.38. The fraction of sp³-hybridized carbons (Fsp3) is 0.231. The van der Waals surface area contributed by atoms with Gasteiger partial charge in [-0.05, 0) is 5.56 Å². The summed E-state index contributed by atoms with van der Waals surface area (Å²) in [5.41, 5.74) is 1.75. The van der Waals surface area contributed by atoms with E-state index in [0.717, 1.165) is 11.8 Å². The monoisotopic (exact) mass is 230 g/mol. The van der Waals surface area contributed by atoms with Crippen LogP contribution in [-0.2, 0) is 17.9 Å². The Balaban J connectivity index is 1.71. The highest BCUT2D eigenvalue weighted by Gasteiger charge is 1.97. The summed E-state index contributed by atoms with van der Waals surface area (Å²) in [6.07, 6.45) is 4.04. The van der Waals surface area contributed by atoms with Gasteiger partial charge in [-0.2, -0.15) is 5.10 Å². The van der Waals surface area contributed by atoms with E-state index in [-0.39, 0.29) is 0 Å². The van der Waals surface area contributed by atoms with Crippen LogP contribution in [0.1, 0.15) is 15.9 Å². The molecule has 4 nitrogen and oxygen atoms in total. The Bertz CT molecular complexity index is 465. The van der Waals surface area contributed by atoms with Gasteiger partial charge in [0, 0.05) is 6.20 Å². The van der Waals surface area contributed by atoms with Gasteiger partial charge < -0.3 is 4.74 Å². The van der Waals surface area contributed by atoms with E-state index in [1.807, 2.05) is 30.3 Å². The summed E-state index contributed by atoms with van der Waals surface area (Å²) >= 11 is 0. The first kappa shape index (κ1) is 11.5. The second-order valence-electron chi connectivity index (χ2n) is 3.69. The second kappa shape index (κ2) is 5.96. The molecule has 4 heteroatoms. The maximum absolute atomic E-state index is 10.5. The molecule has 0 saturated heterocycles. The van der Waals surface area contributed by atoms with E-state index < -0.39 is 0 Å². The molecule has 0 aliphatic rings. The molecule has 1 aromatic heterocycles. The molecule has 1 heterocycles. The van der Waals surface area contributed by atoms with Crippen molar-refractivity contribution in [1.29, 1.82) is 0 Å². The van der Waals surface area contributed by atoms with Crippen molar-refractivity contribution in [3.05, 3.63) is 53.9 Å². The summed E-state index contributed by atoms with van der Waals surface area (Å²) in [6.45, 7) is 1.83. The highest BCUT2D eigenvalue weighted by molar-refractivity contribution is 5.73. The van der Waals surface area contributed by atoms with E-state index in [9.17, 15) is 4.79 Å². The van der Waals surface area contributed by atoms with Gasteiger partial charge in [-0.15, -0.1) is 0 Å². The zero-order chi connectivity index (χ0) is 11.9. The topological polar surface area (TPSA) is 44.1 Å². The molecule has 0 atom stereocenters. The third-order valence-corrected chi connectivity index (χ3v) is 2.37. The molecule has 2 rings (SSSR count). The average Bonchev–Trinajstić information content (AvgIpc) is 2.84. The molecule has 0 N–H and O–H groups in total. The first-order valence-corrected chi connectivity index (χ1v) is 5.48.